The fourth-order valence-corrected chi connectivity index (χ4v) is 5.31. The van der Waals surface area contributed by atoms with E-state index in [9.17, 15) is 14.0 Å². The minimum absolute atomic E-state index is 0.00408. The molecule has 3 aromatic heterocycles. The van der Waals surface area contributed by atoms with E-state index < -0.39 is 29.3 Å². The fraction of sp³-hybridized carbons (Fsp3) is 0.208. The van der Waals surface area contributed by atoms with Gasteiger partial charge in [-0.25, -0.2) is 23.5 Å². The number of nitrogens with one attached hydrogen (secondary N) is 1. The van der Waals surface area contributed by atoms with Gasteiger partial charge in [0.05, 0.1) is 28.6 Å². The number of H-pyrrole nitrogens is 1. The molecule has 0 spiro atoms. The van der Waals surface area contributed by atoms with Gasteiger partial charge in [-0.3, -0.25) is 4.79 Å². The molecule has 1 saturated heterocycles. The standard InChI is InChI=1S/C24H17ClF2N8O3/c25-14-2-4-16(34-10-30-32-33-34)19(21(14)27)11-7-12-1-3-17(35(12)18(36)8-11)23-29-9-15(31-23)13-5-6-28-22(20(13)26)24(37)38/h2,4-6,8-10,12,17H,1,3,7H2,(H,29,31)(H,37,38)/t12-,17+/m0/s1. The lowest BCUT2D eigenvalue weighted by atomic mass is 9.92. The third-order valence-electron chi connectivity index (χ3n) is 6.79. The molecule has 2 atom stereocenters. The number of rotatable bonds is 5. The largest absolute Gasteiger partial charge is 0.476 e. The van der Waals surface area contributed by atoms with Crippen LogP contribution < -0.4 is 0 Å². The molecule has 0 radical (unpaired) electrons. The highest BCUT2D eigenvalue weighted by molar-refractivity contribution is 6.31. The maximum atomic E-state index is 15.3. The molecule has 0 bridgehead atoms. The molecule has 14 heteroatoms. The van der Waals surface area contributed by atoms with E-state index in [-0.39, 0.29) is 33.8 Å². The van der Waals surface area contributed by atoms with Crippen LogP contribution >= 0.6 is 11.6 Å². The molecule has 1 amide bonds. The SMILES string of the molecule is O=C(O)c1nccc(-c2cnc([C@H]3CC[C@H]4CC(c5c(-n6cnnn6)ccc(Cl)c5F)=CC(=O)N43)[nH]2)c1F. The Bertz CT molecular complexity index is 1620. The van der Waals surface area contributed by atoms with Crippen molar-refractivity contribution in [2.45, 2.75) is 31.3 Å². The number of amides is 1. The number of hydrogen-bond acceptors (Lipinski definition) is 7. The molecule has 1 aromatic carbocycles. The lowest BCUT2D eigenvalue weighted by molar-refractivity contribution is -0.129. The molecule has 1 fully saturated rings. The third-order valence-corrected chi connectivity index (χ3v) is 7.08. The molecule has 0 aliphatic carbocycles. The van der Waals surface area contributed by atoms with Crippen molar-refractivity contribution in [2.24, 2.45) is 0 Å². The van der Waals surface area contributed by atoms with Crippen LogP contribution in [-0.2, 0) is 4.79 Å². The Labute approximate surface area is 217 Å². The van der Waals surface area contributed by atoms with Gasteiger partial charge in [0.2, 0.25) is 5.91 Å². The summed E-state index contributed by atoms with van der Waals surface area (Å²) >= 11 is 6.07. The average Bonchev–Trinajstić information content (AvgIpc) is 3.66. The Balaban J connectivity index is 1.33. The summed E-state index contributed by atoms with van der Waals surface area (Å²) < 4.78 is 31.3. The highest BCUT2D eigenvalue weighted by Gasteiger charge is 2.42. The van der Waals surface area contributed by atoms with Crippen LogP contribution in [0.5, 0.6) is 0 Å². The van der Waals surface area contributed by atoms with Crippen molar-refractivity contribution in [1.82, 2.24) is 40.1 Å². The second kappa shape index (κ2) is 9.10. The summed E-state index contributed by atoms with van der Waals surface area (Å²) in [7, 11) is 0. The molecule has 2 aliphatic rings. The van der Waals surface area contributed by atoms with Gasteiger partial charge in [0, 0.05) is 29.4 Å². The van der Waals surface area contributed by atoms with Crippen LogP contribution in [0.25, 0.3) is 22.5 Å². The number of carbonyl (C=O) groups is 2. The molecule has 0 unspecified atom stereocenters. The Kier molecular flexibility index (Phi) is 5.71. The molecule has 38 heavy (non-hydrogen) atoms. The Morgan fingerprint density at radius 1 is 1.16 bits per heavy atom. The van der Waals surface area contributed by atoms with Crippen molar-refractivity contribution >= 4 is 29.1 Å². The first kappa shape index (κ1) is 23.9. The molecule has 5 heterocycles. The number of carboxylic acids is 1. The zero-order chi connectivity index (χ0) is 26.6. The lowest BCUT2D eigenvalue weighted by Gasteiger charge is -2.33. The Morgan fingerprint density at radius 2 is 2.00 bits per heavy atom. The van der Waals surface area contributed by atoms with Gasteiger partial charge in [0.15, 0.2) is 17.3 Å². The van der Waals surface area contributed by atoms with Crippen molar-refractivity contribution in [1.29, 1.82) is 0 Å². The lowest BCUT2D eigenvalue weighted by Crippen LogP contribution is -2.39. The van der Waals surface area contributed by atoms with E-state index in [1.54, 1.807) is 11.0 Å². The summed E-state index contributed by atoms with van der Waals surface area (Å²) in [5.74, 6) is -3.03. The minimum Gasteiger partial charge on any atom is -0.476 e. The zero-order valence-corrected chi connectivity index (χ0v) is 20.1. The number of imidazole rings is 1. The van der Waals surface area contributed by atoms with Crippen LogP contribution in [0.3, 0.4) is 0 Å². The van der Waals surface area contributed by atoms with E-state index >= 15 is 4.39 Å². The highest BCUT2D eigenvalue weighted by atomic mass is 35.5. The van der Waals surface area contributed by atoms with Crippen LogP contribution in [0, 0.1) is 11.6 Å². The second-order valence-electron chi connectivity index (χ2n) is 8.88. The third kappa shape index (κ3) is 3.82. The van der Waals surface area contributed by atoms with Gasteiger partial charge in [-0.05, 0) is 53.5 Å². The van der Waals surface area contributed by atoms with Crippen molar-refractivity contribution in [2.75, 3.05) is 0 Å². The maximum Gasteiger partial charge on any atom is 0.357 e. The van der Waals surface area contributed by atoms with Gasteiger partial charge in [-0.15, -0.1) is 5.10 Å². The van der Waals surface area contributed by atoms with Crippen LogP contribution in [0.2, 0.25) is 5.02 Å². The quantitative estimate of drug-likeness (QED) is 0.392. The molecular weight excluding hydrogens is 522 g/mol. The molecule has 192 valence electrons. The van der Waals surface area contributed by atoms with E-state index in [0.717, 1.165) is 0 Å². The average molecular weight is 539 g/mol. The second-order valence-corrected chi connectivity index (χ2v) is 9.29. The van der Waals surface area contributed by atoms with Gasteiger partial charge >= 0.3 is 5.97 Å². The number of carboxylic acid groups (broad SMARTS) is 1. The molecule has 11 nitrogen and oxygen atoms in total. The number of benzene rings is 1. The summed E-state index contributed by atoms with van der Waals surface area (Å²) in [6.45, 7) is 0. The van der Waals surface area contributed by atoms with Crippen molar-refractivity contribution in [3.8, 4) is 16.9 Å². The number of aromatic amines is 1. The molecule has 0 saturated carbocycles. The number of aromatic carboxylic acids is 1. The first-order chi connectivity index (χ1) is 18.3. The topological polar surface area (TPSA) is 143 Å². The Hall–Kier alpha value is -4.52. The zero-order valence-electron chi connectivity index (χ0n) is 19.3. The Morgan fingerprint density at radius 3 is 2.76 bits per heavy atom. The molecular formula is C24H17ClF2N8O3. The number of pyridine rings is 1. The number of hydrogen-bond donors (Lipinski definition) is 2. The molecule has 2 aliphatic heterocycles. The first-order valence-electron chi connectivity index (χ1n) is 11.5. The van der Waals surface area contributed by atoms with E-state index in [0.29, 0.717) is 36.3 Å². The summed E-state index contributed by atoms with van der Waals surface area (Å²) in [5.41, 5.74) is 0.557. The monoisotopic (exact) mass is 538 g/mol. The number of aromatic nitrogens is 7. The van der Waals surface area contributed by atoms with E-state index in [2.05, 4.69) is 30.5 Å². The van der Waals surface area contributed by atoms with Crippen LogP contribution in [-0.4, -0.2) is 63.1 Å². The summed E-state index contributed by atoms with van der Waals surface area (Å²) in [4.78, 5) is 37.2. The predicted molar refractivity (Wildman–Crippen MR) is 128 cm³/mol. The molecule has 2 N–H and O–H groups in total. The van der Waals surface area contributed by atoms with Crippen molar-refractivity contribution in [3.63, 3.8) is 0 Å². The van der Waals surface area contributed by atoms with E-state index in [4.69, 9.17) is 16.7 Å². The van der Waals surface area contributed by atoms with Gasteiger partial charge in [0.25, 0.3) is 0 Å². The van der Waals surface area contributed by atoms with Gasteiger partial charge in [0.1, 0.15) is 12.2 Å². The van der Waals surface area contributed by atoms with Gasteiger partial charge in [-0.1, -0.05) is 11.6 Å². The summed E-state index contributed by atoms with van der Waals surface area (Å²) in [6.07, 6.45) is 6.86. The van der Waals surface area contributed by atoms with Crippen LogP contribution in [0.1, 0.15) is 47.2 Å². The number of fused-ring (bicyclic) bond motifs is 1. The number of nitrogens with zero attached hydrogens (tertiary/aromatic N) is 7. The predicted octanol–water partition coefficient (Wildman–Crippen LogP) is 3.60. The fourth-order valence-electron chi connectivity index (χ4n) is 5.15. The van der Waals surface area contributed by atoms with Crippen molar-refractivity contribution in [3.05, 3.63) is 76.7 Å². The van der Waals surface area contributed by atoms with Gasteiger partial charge < -0.3 is 15.0 Å². The van der Waals surface area contributed by atoms with Gasteiger partial charge in [-0.2, -0.15) is 4.68 Å². The van der Waals surface area contributed by atoms with E-state index in [1.165, 1.54) is 41.6 Å². The first-order valence-corrected chi connectivity index (χ1v) is 11.9. The minimum atomic E-state index is -1.48. The maximum absolute atomic E-state index is 15.3. The summed E-state index contributed by atoms with van der Waals surface area (Å²) in [6, 6.07) is 3.67. The summed E-state index contributed by atoms with van der Waals surface area (Å²) in [5, 5.41) is 20.1. The number of tetrazole rings is 1. The molecule has 6 rings (SSSR count). The smallest absolute Gasteiger partial charge is 0.357 e. The molecule has 4 aromatic rings. The van der Waals surface area contributed by atoms with Crippen LogP contribution in [0.15, 0.2) is 43.0 Å². The van der Waals surface area contributed by atoms with E-state index in [1.807, 2.05) is 0 Å². The number of carbonyl (C=O) groups excluding carboxylic acids is 1. The van der Waals surface area contributed by atoms with Crippen molar-refractivity contribution < 1.29 is 23.5 Å². The highest BCUT2D eigenvalue weighted by Crippen LogP contribution is 2.44. The normalized spacial score (nSPS) is 19.0. The van der Waals surface area contributed by atoms with Crippen LogP contribution in [0.4, 0.5) is 8.78 Å². The number of halogens is 3.